The quantitative estimate of drug-likeness (QED) is 0.653. The van der Waals surface area contributed by atoms with Gasteiger partial charge in [-0.2, -0.15) is 0 Å². The topological polar surface area (TPSA) is 41.6 Å². The molecule has 1 fully saturated rings. The number of methoxy groups -OCH3 is 1. The molecule has 0 amide bonds. The fourth-order valence-corrected chi connectivity index (χ4v) is 1.87. The van der Waals surface area contributed by atoms with Gasteiger partial charge in [-0.3, -0.25) is 4.79 Å². The molecular weight excluding hydrogens is 180 g/mol. The molecule has 1 heterocycles. The maximum absolute atomic E-state index is 11.2. The Balaban J connectivity index is 2.31. The normalized spacial score (nSPS) is 23.9. The lowest BCUT2D eigenvalue weighted by Crippen LogP contribution is -2.38. The Hall–Kier alpha value is -0.610. The van der Waals surface area contributed by atoms with E-state index in [0.29, 0.717) is 6.04 Å². The van der Waals surface area contributed by atoms with Gasteiger partial charge in [0.15, 0.2) is 0 Å². The van der Waals surface area contributed by atoms with E-state index in [9.17, 15) is 4.79 Å². The van der Waals surface area contributed by atoms with Gasteiger partial charge in [0.2, 0.25) is 0 Å². The van der Waals surface area contributed by atoms with Crippen molar-refractivity contribution >= 4 is 5.97 Å². The van der Waals surface area contributed by atoms with Gasteiger partial charge in [0.05, 0.1) is 13.0 Å². The standard InChI is InChI=1S/C10H20N2O2/c1-8(10(13)14-3)7-12(2)9-4-5-11-6-9/h8-9,11H,4-7H2,1-3H3. The number of nitrogens with one attached hydrogen (secondary N) is 1. The fourth-order valence-electron chi connectivity index (χ4n) is 1.87. The number of nitrogens with zero attached hydrogens (tertiary/aromatic N) is 1. The summed E-state index contributed by atoms with van der Waals surface area (Å²) in [6, 6.07) is 0.571. The van der Waals surface area contributed by atoms with E-state index in [1.165, 1.54) is 13.5 Å². The van der Waals surface area contributed by atoms with Crippen LogP contribution in [-0.2, 0) is 9.53 Å². The Morgan fingerprint density at radius 1 is 1.71 bits per heavy atom. The molecule has 14 heavy (non-hydrogen) atoms. The number of ether oxygens (including phenoxy) is 1. The van der Waals surface area contributed by atoms with Crippen LogP contribution in [0.5, 0.6) is 0 Å². The molecule has 2 unspecified atom stereocenters. The first-order valence-electron chi connectivity index (χ1n) is 5.14. The monoisotopic (exact) mass is 200 g/mol. The van der Waals surface area contributed by atoms with Crippen LogP contribution in [0.4, 0.5) is 0 Å². The van der Waals surface area contributed by atoms with Gasteiger partial charge < -0.3 is 15.0 Å². The summed E-state index contributed by atoms with van der Waals surface area (Å²) in [5, 5.41) is 3.31. The van der Waals surface area contributed by atoms with Crippen molar-refractivity contribution in [3.63, 3.8) is 0 Å². The van der Waals surface area contributed by atoms with Crippen LogP contribution >= 0.6 is 0 Å². The second-order valence-corrected chi connectivity index (χ2v) is 4.01. The Morgan fingerprint density at radius 3 is 2.93 bits per heavy atom. The molecule has 0 spiro atoms. The van der Waals surface area contributed by atoms with Gasteiger partial charge in [0, 0.05) is 19.1 Å². The lowest BCUT2D eigenvalue weighted by atomic mass is 10.1. The maximum atomic E-state index is 11.2. The molecule has 0 radical (unpaired) electrons. The Kier molecular flexibility index (Phi) is 4.35. The molecule has 0 aliphatic carbocycles. The third-order valence-corrected chi connectivity index (χ3v) is 2.82. The zero-order valence-electron chi connectivity index (χ0n) is 9.25. The zero-order valence-corrected chi connectivity index (χ0v) is 9.25. The number of esters is 1. The maximum Gasteiger partial charge on any atom is 0.309 e. The molecule has 0 bridgehead atoms. The minimum atomic E-state index is -0.122. The van der Waals surface area contributed by atoms with E-state index in [-0.39, 0.29) is 11.9 Å². The molecule has 0 saturated carbocycles. The van der Waals surface area contributed by atoms with Crippen molar-refractivity contribution in [3.05, 3.63) is 0 Å². The van der Waals surface area contributed by atoms with Crippen molar-refractivity contribution in [2.24, 2.45) is 5.92 Å². The van der Waals surface area contributed by atoms with E-state index >= 15 is 0 Å². The number of likely N-dealkylation sites (N-methyl/N-ethyl adjacent to an activating group) is 1. The van der Waals surface area contributed by atoms with Crippen molar-refractivity contribution in [2.75, 3.05) is 33.8 Å². The van der Waals surface area contributed by atoms with Crippen molar-refractivity contribution < 1.29 is 9.53 Å². The molecule has 82 valence electrons. The number of rotatable bonds is 4. The van der Waals surface area contributed by atoms with Gasteiger partial charge in [-0.25, -0.2) is 0 Å². The summed E-state index contributed by atoms with van der Waals surface area (Å²) in [4.78, 5) is 13.4. The van der Waals surface area contributed by atoms with Crippen LogP contribution in [-0.4, -0.2) is 50.7 Å². The van der Waals surface area contributed by atoms with Gasteiger partial charge in [-0.1, -0.05) is 6.92 Å². The van der Waals surface area contributed by atoms with E-state index in [1.54, 1.807) is 0 Å². The van der Waals surface area contributed by atoms with Crippen molar-refractivity contribution in [1.29, 1.82) is 0 Å². The van der Waals surface area contributed by atoms with Crippen molar-refractivity contribution in [2.45, 2.75) is 19.4 Å². The highest BCUT2D eigenvalue weighted by molar-refractivity contribution is 5.72. The van der Waals surface area contributed by atoms with Crippen LogP contribution < -0.4 is 5.32 Å². The summed E-state index contributed by atoms with van der Waals surface area (Å²) in [6.07, 6.45) is 1.17. The predicted octanol–water partition coefficient (Wildman–Crippen LogP) is 0.0892. The highest BCUT2D eigenvalue weighted by Gasteiger charge is 2.23. The molecule has 1 saturated heterocycles. The molecule has 1 aliphatic heterocycles. The lowest BCUT2D eigenvalue weighted by Gasteiger charge is -2.25. The fraction of sp³-hybridized carbons (Fsp3) is 0.900. The third kappa shape index (κ3) is 2.96. The number of hydrogen-bond acceptors (Lipinski definition) is 4. The molecule has 4 nitrogen and oxygen atoms in total. The molecular formula is C10H20N2O2. The Morgan fingerprint density at radius 2 is 2.43 bits per heavy atom. The average Bonchev–Trinajstić information content (AvgIpc) is 2.69. The summed E-state index contributed by atoms with van der Waals surface area (Å²) in [6.45, 7) is 4.80. The number of carbonyl (C=O) groups excluding carboxylic acids is 1. The molecule has 0 aromatic heterocycles. The first-order chi connectivity index (χ1) is 6.65. The molecule has 4 heteroatoms. The summed E-state index contributed by atoms with van der Waals surface area (Å²) in [5.41, 5.74) is 0. The zero-order chi connectivity index (χ0) is 10.6. The SMILES string of the molecule is COC(=O)C(C)CN(C)C1CCNC1. The lowest BCUT2D eigenvalue weighted by molar-refractivity contribution is -0.145. The molecule has 1 N–H and O–H groups in total. The predicted molar refractivity (Wildman–Crippen MR) is 55.1 cm³/mol. The van der Waals surface area contributed by atoms with Crippen LogP contribution in [0.3, 0.4) is 0 Å². The highest BCUT2D eigenvalue weighted by Crippen LogP contribution is 2.09. The summed E-state index contributed by atoms with van der Waals surface area (Å²) in [7, 11) is 3.51. The smallest absolute Gasteiger partial charge is 0.309 e. The van der Waals surface area contributed by atoms with Crippen LogP contribution in [0.25, 0.3) is 0 Å². The molecule has 2 atom stereocenters. The minimum absolute atomic E-state index is 0.0365. The van der Waals surface area contributed by atoms with Gasteiger partial charge in [-0.15, -0.1) is 0 Å². The van der Waals surface area contributed by atoms with Gasteiger partial charge in [0.1, 0.15) is 0 Å². The Bertz CT molecular complexity index is 191. The summed E-state index contributed by atoms with van der Waals surface area (Å²) < 4.78 is 4.69. The third-order valence-electron chi connectivity index (χ3n) is 2.82. The van der Waals surface area contributed by atoms with E-state index < -0.39 is 0 Å². The second-order valence-electron chi connectivity index (χ2n) is 4.01. The second kappa shape index (κ2) is 5.32. The van der Waals surface area contributed by atoms with E-state index in [0.717, 1.165) is 19.6 Å². The van der Waals surface area contributed by atoms with E-state index in [1.807, 2.05) is 6.92 Å². The van der Waals surface area contributed by atoms with Crippen molar-refractivity contribution in [3.8, 4) is 0 Å². The van der Waals surface area contributed by atoms with Crippen LogP contribution in [0, 0.1) is 5.92 Å². The van der Waals surface area contributed by atoms with Gasteiger partial charge >= 0.3 is 5.97 Å². The van der Waals surface area contributed by atoms with Crippen LogP contribution in [0.1, 0.15) is 13.3 Å². The van der Waals surface area contributed by atoms with Gasteiger partial charge in [-0.05, 0) is 20.0 Å². The Labute approximate surface area is 85.6 Å². The summed E-state index contributed by atoms with van der Waals surface area (Å²) in [5.74, 6) is -0.159. The van der Waals surface area contributed by atoms with Crippen LogP contribution in [0.2, 0.25) is 0 Å². The summed E-state index contributed by atoms with van der Waals surface area (Å²) >= 11 is 0. The first-order valence-corrected chi connectivity index (χ1v) is 5.14. The van der Waals surface area contributed by atoms with E-state index in [4.69, 9.17) is 4.74 Å². The molecule has 1 aliphatic rings. The van der Waals surface area contributed by atoms with Gasteiger partial charge in [0.25, 0.3) is 0 Å². The highest BCUT2D eigenvalue weighted by atomic mass is 16.5. The van der Waals surface area contributed by atoms with Crippen LogP contribution in [0.15, 0.2) is 0 Å². The number of carbonyl (C=O) groups is 1. The molecule has 0 aromatic rings. The largest absolute Gasteiger partial charge is 0.469 e. The number of hydrogen-bond donors (Lipinski definition) is 1. The first kappa shape index (κ1) is 11.5. The molecule has 0 aromatic carbocycles. The molecule has 1 rings (SSSR count). The minimum Gasteiger partial charge on any atom is -0.469 e. The van der Waals surface area contributed by atoms with Crippen molar-refractivity contribution in [1.82, 2.24) is 10.2 Å². The van der Waals surface area contributed by atoms with E-state index in [2.05, 4.69) is 17.3 Å². The average molecular weight is 200 g/mol.